The molecule has 1 nitrogen and oxygen atoms in total. The lowest BCUT2D eigenvalue weighted by molar-refractivity contribution is 0.487. The van der Waals surface area contributed by atoms with Gasteiger partial charge in [-0.2, -0.15) is 0 Å². The molecule has 2 heteroatoms. The molecule has 0 aromatic carbocycles. The predicted octanol–water partition coefficient (Wildman–Crippen LogP) is 4.63. The molecular weight excluding hydrogens is 238 g/mol. The monoisotopic (exact) mass is 255 g/mol. The molecule has 0 saturated carbocycles. The fourth-order valence-corrected chi connectivity index (χ4v) is 3.63. The molecule has 0 amide bonds. The van der Waals surface area contributed by atoms with Crippen molar-refractivity contribution in [2.75, 3.05) is 0 Å². The van der Waals surface area contributed by atoms with Gasteiger partial charge in [0.05, 0.1) is 0 Å². The van der Waals surface area contributed by atoms with Crippen LogP contribution in [-0.4, -0.2) is 4.98 Å². The molecule has 2 atom stereocenters. The number of rotatable bonds is 3. The Kier molecular flexibility index (Phi) is 3.56. The maximum atomic E-state index is 4.58. The fraction of sp³-hybridized carbons (Fsp3) is 0.312. The zero-order valence-electron chi connectivity index (χ0n) is 10.3. The molecule has 0 fully saturated rings. The lowest BCUT2D eigenvalue weighted by Gasteiger charge is -2.25. The van der Waals surface area contributed by atoms with Gasteiger partial charge in [0.1, 0.15) is 0 Å². The molecule has 1 aliphatic carbocycles. The molecule has 0 unspecified atom stereocenters. The first-order chi connectivity index (χ1) is 8.95. The van der Waals surface area contributed by atoms with Gasteiger partial charge < -0.3 is 0 Å². The highest BCUT2D eigenvalue weighted by Crippen LogP contribution is 2.38. The molecule has 0 radical (unpaired) electrons. The summed E-state index contributed by atoms with van der Waals surface area (Å²) in [5, 5.41) is 2.16. The van der Waals surface area contributed by atoms with E-state index in [1.807, 2.05) is 23.6 Å². The summed E-state index contributed by atoms with van der Waals surface area (Å²) >= 11 is 1.85. The summed E-state index contributed by atoms with van der Waals surface area (Å²) in [6, 6.07) is 10.6. The van der Waals surface area contributed by atoms with Crippen molar-refractivity contribution in [1.29, 1.82) is 0 Å². The van der Waals surface area contributed by atoms with Crippen molar-refractivity contribution >= 4 is 11.3 Å². The number of aromatic nitrogens is 1. The van der Waals surface area contributed by atoms with E-state index < -0.39 is 0 Å². The van der Waals surface area contributed by atoms with E-state index in [2.05, 4.69) is 46.8 Å². The van der Waals surface area contributed by atoms with Crippen molar-refractivity contribution in [2.24, 2.45) is 5.92 Å². The molecule has 2 aromatic heterocycles. The molecule has 2 heterocycles. The maximum absolute atomic E-state index is 4.58. The zero-order chi connectivity index (χ0) is 12.2. The molecule has 0 saturated heterocycles. The maximum Gasteiger partial charge on any atom is 0.0492 e. The lowest BCUT2D eigenvalue weighted by atomic mass is 9.81. The van der Waals surface area contributed by atoms with Crippen molar-refractivity contribution in [2.45, 2.75) is 25.2 Å². The normalized spacial score (nSPS) is 20.8. The van der Waals surface area contributed by atoms with Crippen LogP contribution >= 0.6 is 11.3 Å². The Labute approximate surface area is 112 Å². The van der Waals surface area contributed by atoms with E-state index in [4.69, 9.17) is 0 Å². The van der Waals surface area contributed by atoms with Crippen molar-refractivity contribution < 1.29 is 0 Å². The van der Waals surface area contributed by atoms with Crippen LogP contribution in [0.25, 0.3) is 0 Å². The third kappa shape index (κ3) is 2.39. The van der Waals surface area contributed by atoms with Crippen LogP contribution < -0.4 is 0 Å². The summed E-state index contributed by atoms with van der Waals surface area (Å²) in [7, 11) is 0. The first-order valence-corrected chi connectivity index (χ1v) is 7.44. The molecule has 18 heavy (non-hydrogen) atoms. The van der Waals surface area contributed by atoms with Gasteiger partial charge in [-0.1, -0.05) is 24.3 Å². The SMILES string of the molecule is C1=C[C@@H]([C@@H](c2ccccn2)c2cccs2)CCC1. The second kappa shape index (κ2) is 5.49. The van der Waals surface area contributed by atoms with Gasteiger partial charge in [0.2, 0.25) is 0 Å². The molecule has 92 valence electrons. The highest BCUT2D eigenvalue weighted by molar-refractivity contribution is 7.10. The first-order valence-electron chi connectivity index (χ1n) is 6.56. The molecule has 0 aliphatic heterocycles. The predicted molar refractivity (Wildman–Crippen MR) is 76.9 cm³/mol. The average molecular weight is 255 g/mol. The second-order valence-electron chi connectivity index (χ2n) is 4.77. The van der Waals surface area contributed by atoms with Crippen LogP contribution in [0.4, 0.5) is 0 Å². The van der Waals surface area contributed by atoms with E-state index >= 15 is 0 Å². The third-order valence-corrected chi connectivity index (χ3v) is 4.53. The Hall–Kier alpha value is -1.41. The number of nitrogens with zero attached hydrogens (tertiary/aromatic N) is 1. The van der Waals surface area contributed by atoms with E-state index in [-0.39, 0.29) is 0 Å². The number of pyridine rings is 1. The van der Waals surface area contributed by atoms with E-state index in [0.29, 0.717) is 11.8 Å². The summed E-state index contributed by atoms with van der Waals surface area (Å²) in [5.41, 5.74) is 1.21. The number of thiophene rings is 1. The molecule has 2 aromatic rings. The van der Waals surface area contributed by atoms with E-state index in [9.17, 15) is 0 Å². The van der Waals surface area contributed by atoms with Gasteiger partial charge in [0.15, 0.2) is 0 Å². The van der Waals surface area contributed by atoms with Gasteiger partial charge in [-0.05, 0) is 48.8 Å². The van der Waals surface area contributed by atoms with Crippen molar-refractivity contribution in [3.63, 3.8) is 0 Å². The minimum absolute atomic E-state index is 0.433. The summed E-state index contributed by atoms with van der Waals surface area (Å²) in [4.78, 5) is 6.02. The van der Waals surface area contributed by atoms with Crippen LogP contribution in [0.15, 0.2) is 54.1 Å². The average Bonchev–Trinajstić information content (AvgIpc) is 2.95. The van der Waals surface area contributed by atoms with E-state index in [1.54, 1.807) is 0 Å². The molecule has 0 spiro atoms. The van der Waals surface area contributed by atoms with Gasteiger partial charge >= 0.3 is 0 Å². The van der Waals surface area contributed by atoms with E-state index in [0.717, 1.165) is 0 Å². The van der Waals surface area contributed by atoms with Crippen LogP contribution in [0.2, 0.25) is 0 Å². The van der Waals surface area contributed by atoms with Crippen LogP contribution in [-0.2, 0) is 0 Å². The summed E-state index contributed by atoms with van der Waals surface area (Å²) in [5.74, 6) is 1.04. The van der Waals surface area contributed by atoms with Crippen LogP contribution in [0.3, 0.4) is 0 Å². The number of hydrogen-bond donors (Lipinski definition) is 0. The lowest BCUT2D eigenvalue weighted by Crippen LogP contribution is -2.14. The molecule has 1 aliphatic rings. The molecular formula is C16H17NS. The van der Waals surface area contributed by atoms with Gasteiger partial charge in [0.25, 0.3) is 0 Å². The third-order valence-electron chi connectivity index (χ3n) is 3.58. The highest BCUT2D eigenvalue weighted by Gasteiger charge is 2.25. The zero-order valence-corrected chi connectivity index (χ0v) is 11.1. The minimum Gasteiger partial charge on any atom is -0.261 e. The first kappa shape index (κ1) is 11.7. The Morgan fingerprint density at radius 2 is 2.22 bits per heavy atom. The minimum atomic E-state index is 0.433. The summed E-state index contributed by atoms with van der Waals surface area (Å²) in [6.45, 7) is 0. The summed E-state index contributed by atoms with van der Waals surface area (Å²) < 4.78 is 0. The largest absolute Gasteiger partial charge is 0.261 e. The van der Waals surface area contributed by atoms with Crippen molar-refractivity contribution in [3.05, 3.63) is 64.6 Å². The topological polar surface area (TPSA) is 12.9 Å². The standard InChI is InChI=1S/C16H17NS/c1-2-7-13(8-3-1)16(15-10-6-12-18-15)14-9-4-5-11-17-14/h2,4-7,9-13,16H,1,3,8H2/t13-,16+/m1/s1. The Morgan fingerprint density at radius 1 is 1.22 bits per heavy atom. The Bertz CT molecular complexity index is 501. The van der Waals surface area contributed by atoms with Crippen LogP contribution in [0.1, 0.15) is 35.8 Å². The van der Waals surface area contributed by atoms with Gasteiger partial charge in [0, 0.05) is 22.7 Å². The summed E-state index contributed by atoms with van der Waals surface area (Å²) in [6.07, 6.45) is 10.4. The Balaban J connectivity index is 1.98. The van der Waals surface area contributed by atoms with Crippen molar-refractivity contribution in [1.82, 2.24) is 4.98 Å². The van der Waals surface area contributed by atoms with E-state index in [1.165, 1.54) is 29.8 Å². The number of allylic oxidation sites excluding steroid dienone is 2. The van der Waals surface area contributed by atoms with Gasteiger partial charge in [-0.25, -0.2) is 0 Å². The quantitative estimate of drug-likeness (QED) is 0.729. The van der Waals surface area contributed by atoms with Gasteiger partial charge in [-0.15, -0.1) is 11.3 Å². The smallest absolute Gasteiger partial charge is 0.0492 e. The van der Waals surface area contributed by atoms with Crippen LogP contribution in [0.5, 0.6) is 0 Å². The molecule has 0 bridgehead atoms. The fourth-order valence-electron chi connectivity index (χ4n) is 2.72. The van der Waals surface area contributed by atoms with Gasteiger partial charge in [-0.3, -0.25) is 4.98 Å². The second-order valence-corrected chi connectivity index (χ2v) is 5.75. The number of hydrogen-bond acceptors (Lipinski definition) is 2. The van der Waals surface area contributed by atoms with Crippen LogP contribution in [0, 0.1) is 5.92 Å². The highest BCUT2D eigenvalue weighted by atomic mass is 32.1. The molecule has 3 rings (SSSR count). The Morgan fingerprint density at radius 3 is 2.89 bits per heavy atom. The van der Waals surface area contributed by atoms with Crippen molar-refractivity contribution in [3.8, 4) is 0 Å². The molecule has 0 N–H and O–H groups in total.